The highest BCUT2D eigenvalue weighted by Gasteiger charge is 2.47. The van der Waals surface area contributed by atoms with Crippen LogP contribution in [-0.2, 0) is 29.9 Å². The van der Waals surface area contributed by atoms with Gasteiger partial charge in [0.1, 0.15) is 22.4 Å². The number of alkyl halides is 3. The van der Waals surface area contributed by atoms with Crippen molar-refractivity contribution in [2.75, 3.05) is 37.8 Å². The molecule has 6 rings (SSSR count). The van der Waals surface area contributed by atoms with Crippen molar-refractivity contribution in [1.29, 1.82) is 0 Å². The zero-order valence-corrected chi connectivity index (χ0v) is 26.0. The standard InChI is InChI=1S/C30H34F3N3O7S2/c31-30(32,33)42-22-6-4-20(5-7-22)41-21-10-14-36(15-11-21)28-34-24-9-8-23(19-25(24)44-28)45(38)29(12-17-39-18-13-29)27(37)35-43-26-3-1-2-16-40-26/h4-9,19,21,26H,1-3,10-18H2,(H,35,37). The zero-order valence-electron chi connectivity index (χ0n) is 24.4. The van der Waals surface area contributed by atoms with Crippen LogP contribution in [0.2, 0.25) is 0 Å². The number of aromatic nitrogens is 1. The van der Waals surface area contributed by atoms with Gasteiger partial charge in [-0.2, -0.15) is 0 Å². The van der Waals surface area contributed by atoms with E-state index in [-0.39, 0.29) is 11.9 Å². The fourth-order valence-corrected chi connectivity index (χ4v) is 8.41. The summed E-state index contributed by atoms with van der Waals surface area (Å²) in [5.74, 6) is -0.245. The van der Waals surface area contributed by atoms with Crippen molar-refractivity contribution in [2.24, 2.45) is 0 Å². The second-order valence-electron chi connectivity index (χ2n) is 11.2. The van der Waals surface area contributed by atoms with Crippen LogP contribution in [0.4, 0.5) is 18.3 Å². The van der Waals surface area contributed by atoms with Gasteiger partial charge in [0.2, 0.25) is 0 Å². The molecule has 0 saturated carbocycles. The molecule has 3 aliphatic heterocycles. The molecule has 0 spiro atoms. The van der Waals surface area contributed by atoms with Crippen LogP contribution in [0, 0.1) is 0 Å². The molecule has 3 fully saturated rings. The molecule has 1 aromatic heterocycles. The predicted octanol–water partition coefficient (Wildman–Crippen LogP) is 5.47. The van der Waals surface area contributed by atoms with Gasteiger partial charge in [0, 0.05) is 57.1 Å². The second kappa shape index (κ2) is 13.8. The summed E-state index contributed by atoms with van der Waals surface area (Å²) in [6.07, 6.45) is -0.722. The largest absolute Gasteiger partial charge is 0.573 e. The van der Waals surface area contributed by atoms with Gasteiger partial charge in [0.25, 0.3) is 5.91 Å². The fraction of sp³-hybridized carbons (Fsp3) is 0.533. The highest BCUT2D eigenvalue weighted by Crippen LogP contribution is 2.37. The average Bonchev–Trinajstić information content (AvgIpc) is 3.48. The molecule has 2 unspecified atom stereocenters. The molecular weight excluding hydrogens is 635 g/mol. The first-order valence-electron chi connectivity index (χ1n) is 14.9. The maximum Gasteiger partial charge on any atom is 0.573 e. The van der Waals surface area contributed by atoms with Gasteiger partial charge in [-0.05, 0) is 68.1 Å². The molecule has 45 heavy (non-hydrogen) atoms. The van der Waals surface area contributed by atoms with Gasteiger partial charge in [0.05, 0.1) is 21.0 Å². The van der Waals surface area contributed by atoms with Crippen molar-refractivity contribution in [3.8, 4) is 11.5 Å². The summed E-state index contributed by atoms with van der Waals surface area (Å²) < 4.78 is 71.9. The number of nitrogens with zero attached hydrogens (tertiary/aromatic N) is 2. The molecule has 3 aromatic rings. The number of piperidine rings is 1. The summed E-state index contributed by atoms with van der Waals surface area (Å²) in [4.78, 5) is 26.5. The molecule has 2 atom stereocenters. The van der Waals surface area contributed by atoms with E-state index in [4.69, 9.17) is 24.0 Å². The molecule has 0 aliphatic carbocycles. The summed E-state index contributed by atoms with van der Waals surface area (Å²) in [6, 6.07) is 10.9. The first kappa shape index (κ1) is 32.0. The third kappa shape index (κ3) is 7.71. The number of fused-ring (bicyclic) bond motifs is 1. The Morgan fingerprint density at radius 2 is 1.76 bits per heavy atom. The van der Waals surface area contributed by atoms with Crippen molar-refractivity contribution in [1.82, 2.24) is 10.5 Å². The number of ether oxygens (including phenoxy) is 4. The van der Waals surface area contributed by atoms with Gasteiger partial charge in [-0.15, -0.1) is 13.2 Å². The normalized spacial score (nSPS) is 21.8. The van der Waals surface area contributed by atoms with E-state index in [2.05, 4.69) is 15.1 Å². The molecular formula is C30H34F3N3O7S2. The lowest BCUT2D eigenvalue weighted by Crippen LogP contribution is -2.54. The Kier molecular flexibility index (Phi) is 9.80. The first-order valence-corrected chi connectivity index (χ1v) is 16.9. The SMILES string of the molecule is O=C(NOC1CCCCO1)C1(S(=O)c2ccc3nc(N4CCC(Oc5ccc(OC(F)(F)F)cc5)CC4)sc3c2)CCOCC1. The van der Waals surface area contributed by atoms with Gasteiger partial charge in [0.15, 0.2) is 11.4 Å². The Morgan fingerprint density at radius 3 is 2.44 bits per heavy atom. The molecule has 15 heteroatoms. The minimum Gasteiger partial charge on any atom is -0.490 e. The van der Waals surface area contributed by atoms with Crippen molar-refractivity contribution in [2.45, 2.75) is 73.3 Å². The number of nitrogens with one attached hydrogen (secondary N) is 1. The minimum atomic E-state index is -4.74. The number of hydrogen-bond donors (Lipinski definition) is 1. The lowest BCUT2D eigenvalue weighted by molar-refractivity contribution is -0.274. The number of hydroxylamine groups is 1. The van der Waals surface area contributed by atoms with E-state index in [1.54, 1.807) is 6.07 Å². The number of benzene rings is 2. The average molecular weight is 670 g/mol. The molecule has 2 aromatic carbocycles. The first-order chi connectivity index (χ1) is 21.7. The van der Waals surface area contributed by atoms with E-state index in [0.29, 0.717) is 75.7 Å². The number of amides is 1. The number of thiazole rings is 1. The van der Waals surface area contributed by atoms with E-state index in [1.165, 1.54) is 35.6 Å². The highest BCUT2D eigenvalue weighted by molar-refractivity contribution is 7.87. The van der Waals surface area contributed by atoms with Crippen molar-refractivity contribution in [3.05, 3.63) is 42.5 Å². The number of anilines is 1. The van der Waals surface area contributed by atoms with E-state index in [9.17, 15) is 22.2 Å². The van der Waals surface area contributed by atoms with Crippen molar-refractivity contribution >= 4 is 43.4 Å². The van der Waals surface area contributed by atoms with Gasteiger partial charge in [-0.1, -0.05) is 11.3 Å². The number of halogens is 3. The maximum atomic E-state index is 14.0. The lowest BCUT2D eigenvalue weighted by atomic mass is 9.98. The Hall–Kier alpha value is -2.98. The second-order valence-corrected chi connectivity index (χ2v) is 14.0. The van der Waals surface area contributed by atoms with Crippen molar-refractivity contribution < 1.29 is 46.0 Å². The summed E-state index contributed by atoms with van der Waals surface area (Å²) in [6.45, 7) is 2.60. The van der Waals surface area contributed by atoms with E-state index in [1.807, 2.05) is 12.1 Å². The number of hydrogen-bond acceptors (Lipinski definition) is 10. The van der Waals surface area contributed by atoms with Gasteiger partial charge >= 0.3 is 6.36 Å². The zero-order chi connectivity index (χ0) is 31.4. The summed E-state index contributed by atoms with van der Waals surface area (Å²) in [7, 11) is -1.68. The van der Waals surface area contributed by atoms with Gasteiger partial charge < -0.3 is 23.8 Å². The minimum absolute atomic E-state index is 0.0884. The van der Waals surface area contributed by atoms with Crippen LogP contribution in [-0.4, -0.2) is 71.5 Å². The smallest absolute Gasteiger partial charge is 0.490 e. The molecule has 1 amide bonds. The highest BCUT2D eigenvalue weighted by atomic mass is 32.2. The number of rotatable bonds is 9. The topological polar surface area (TPSA) is 108 Å². The summed E-state index contributed by atoms with van der Waals surface area (Å²) in [5.41, 5.74) is 3.32. The Morgan fingerprint density at radius 1 is 1.02 bits per heavy atom. The van der Waals surface area contributed by atoms with Crippen LogP contribution in [0.25, 0.3) is 10.2 Å². The molecule has 1 N–H and O–H groups in total. The summed E-state index contributed by atoms with van der Waals surface area (Å²) >= 11 is 1.50. The fourth-order valence-electron chi connectivity index (χ4n) is 5.66. The van der Waals surface area contributed by atoms with Gasteiger partial charge in [-0.25, -0.2) is 15.3 Å². The van der Waals surface area contributed by atoms with E-state index < -0.39 is 34.1 Å². The van der Waals surface area contributed by atoms with Gasteiger partial charge in [-0.3, -0.25) is 9.00 Å². The Balaban J connectivity index is 1.08. The number of carbonyl (C=O) groups is 1. The Labute approximate surface area is 264 Å². The molecule has 10 nitrogen and oxygen atoms in total. The van der Waals surface area contributed by atoms with Crippen LogP contribution < -0.4 is 19.9 Å². The van der Waals surface area contributed by atoms with Crippen LogP contribution in [0.15, 0.2) is 47.4 Å². The monoisotopic (exact) mass is 669 g/mol. The molecule has 244 valence electrons. The number of carbonyl (C=O) groups excluding carboxylic acids is 1. The molecule has 3 saturated heterocycles. The lowest BCUT2D eigenvalue weighted by Gasteiger charge is -2.35. The van der Waals surface area contributed by atoms with Crippen LogP contribution in [0.1, 0.15) is 44.9 Å². The third-order valence-corrected chi connectivity index (χ3v) is 11.2. The van der Waals surface area contributed by atoms with E-state index >= 15 is 0 Å². The quantitative estimate of drug-likeness (QED) is 0.297. The van der Waals surface area contributed by atoms with Crippen molar-refractivity contribution in [3.63, 3.8) is 0 Å². The predicted molar refractivity (Wildman–Crippen MR) is 161 cm³/mol. The molecule has 4 heterocycles. The van der Waals surface area contributed by atoms with E-state index in [0.717, 1.165) is 28.2 Å². The molecule has 3 aliphatic rings. The molecule has 0 radical (unpaired) electrons. The maximum absolute atomic E-state index is 14.0. The van der Waals surface area contributed by atoms with Crippen LogP contribution in [0.5, 0.6) is 11.5 Å². The summed E-state index contributed by atoms with van der Waals surface area (Å²) in [5, 5.41) is 0.833. The molecule has 0 bridgehead atoms. The van der Waals surface area contributed by atoms with Crippen LogP contribution >= 0.6 is 11.3 Å². The third-order valence-electron chi connectivity index (χ3n) is 8.13. The van der Waals surface area contributed by atoms with Crippen LogP contribution in [0.3, 0.4) is 0 Å². The Bertz CT molecular complexity index is 1480.